The topological polar surface area (TPSA) is 21.3 Å². The molecule has 2 rings (SSSR count). The van der Waals surface area contributed by atoms with Crippen molar-refractivity contribution in [1.82, 2.24) is 5.32 Å². The highest BCUT2D eigenvalue weighted by Crippen LogP contribution is 2.41. The van der Waals surface area contributed by atoms with E-state index in [9.17, 15) is 17.6 Å². The van der Waals surface area contributed by atoms with Crippen LogP contribution >= 0.6 is 0 Å². The summed E-state index contributed by atoms with van der Waals surface area (Å²) < 4.78 is 77.0. The summed E-state index contributed by atoms with van der Waals surface area (Å²) in [4.78, 5) is 0. The molecule has 1 unspecified atom stereocenters. The maximum atomic E-state index is 13.7. The second-order valence-electron chi connectivity index (χ2n) is 3.35. The van der Waals surface area contributed by atoms with Gasteiger partial charge in [-0.1, -0.05) is 6.07 Å². The molecule has 16 heavy (non-hydrogen) atoms. The van der Waals surface area contributed by atoms with Gasteiger partial charge in [-0.15, -0.1) is 0 Å². The quantitative estimate of drug-likeness (QED) is 0.759. The van der Waals surface area contributed by atoms with Gasteiger partial charge < -0.3 is 10.1 Å². The summed E-state index contributed by atoms with van der Waals surface area (Å²) in [6.45, 7) is -2.72. The van der Waals surface area contributed by atoms with Crippen molar-refractivity contribution in [2.75, 3.05) is 13.6 Å². The predicted octanol–water partition coefficient (Wildman–Crippen LogP) is 2.50. The van der Waals surface area contributed by atoms with Gasteiger partial charge in [0.05, 0.1) is 11.6 Å². The molecule has 1 aromatic rings. The van der Waals surface area contributed by atoms with E-state index in [0.29, 0.717) is 6.07 Å². The zero-order chi connectivity index (χ0) is 14.4. The Morgan fingerprint density at radius 2 is 2.25 bits per heavy atom. The highest BCUT2D eigenvalue weighted by molar-refractivity contribution is 5.44. The standard InChI is InChI=1S/C10H9F4NO/c1-15-7-4-16-9-5(7)2-3-6(8(9)11)10(12,13)14/h2-3,7,15H,4H2,1H3/i1D3. The van der Waals surface area contributed by atoms with Crippen LogP contribution in [0.25, 0.3) is 0 Å². The van der Waals surface area contributed by atoms with E-state index in [4.69, 9.17) is 8.85 Å². The largest absolute Gasteiger partial charge is 0.488 e. The zero-order valence-corrected chi connectivity index (χ0v) is 7.86. The Kier molecular flexibility index (Phi) is 1.79. The first kappa shape index (κ1) is 7.89. The number of ether oxygens (including phenoxy) is 1. The molecule has 0 saturated carbocycles. The molecule has 1 aromatic carbocycles. The molecule has 1 aliphatic heterocycles. The number of alkyl halides is 3. The lowest BCUT2D eigenvalue weighted by molar-refractivity contribution is -0.140. The molecule has 1 N–H and O–H groups in total. The molecular weight excluding hydrogens is 226 g/mol. The summed E-state index contributed by atoms with van der Waals surface area (Å²) in [5.41, 5.74) is -1.36. The van der Waals surface area contributed by atoms with Crippen molar-refractivity contribution in [1.29, 1.82) is 0 Å². The number of nitrogens with one attached hydrogen (secondary N) is 1. The summed E-state index contributed by atoms with van der Waals surface area (Å²) in [7, 11) is 0. The van der Waals surface area contributed by atoms with Crippen LogP contribution in [0.1, 0.15) is 21.3 Å². The molecule has 1 heterocycles. The summed E-state index contributed by atoms with van der Waals surface area (Å²) in [6.07, 6.45) is -4.82. The van der Waals surface area contributed by atoms with E-state index in [0.717, 1.165) is 6.07 Å². The SMILES string of the molecule is [2H]C([2H])([2H])NC1COc2c1ccc(C(F)(F)F)c2F. The van der Waals surface area contributed by atoms with Gasteiger partial charge in [0, 0.05) is 9.68 Å². The Bertz CT molecular complexity index is 501. The monoisotopic (exact) mass is 238 g/mol. The van der Waals surface area contributed by atoms with E-state index in [2.05, 4.69) is 5.32 Å². The van der Waals surface area contributed by atoms with Gasteiger partial charge in [-0.05, 0) is 13.0 Å². The number of benzene rings is 1. The summed E-state index contributed by atoms with van der Waals surface area (Å²) >= 11 is 0. The van der Waals surface area contributed by atoms with Crippen molar-refractivity contribution in [3.63, 3.8) is 0 Å². The molecule has 0 aromatic heterocycles. The molecule has 6 heteroatoms. The van der Waals surface area contributed by atoms with Crippen LogP contribution < -0.4 is 10.1 Å². The van der Waals surface area contributed by atoms with Crippen LogP contribution in [-0.4, -0.2) is 13.6 Å². The van der Waals surface area contributed by atoms with E-state index in [1.807, 2.05) is 0 Å². The predicted molar refractivity (Wildman–Crippen MR) is 48.7 cm³/mol. The second-order valence-corrected chi connectivity index (χ2v) is 3.35. The second kappa shape index (κ2) is 3.62. The lowest BCUT2D eigenvalue weighted by Gasteiger charge is -2.11. The molecule has 0 saturated heterocycles. The van der Waals surface area contributed by atoms with E-state index in [1.165, 1.54) is 0 Å². The molecule has 0 fully saturated rings. The maximum Gasteiger partial charge on any atom is 0.419 e. The Morgan fingerprint density at radius 3 is 2.88 bits per heavy atom. The molecule has 88 valence electrons. The van der Waals surface area contributed by atoms with Gasteiger partial charge in [0.25, 0.3) is 0 Å². The number of fused-ring (bicyclic) bond motifs is 1. The number of hydrogen-bond donors (Lipinski definition) is 1. The Balaban J connectivity index is 2.37. The molecule has 2 nitrogen and oxygen atoms in total. The first-order chi connectivity index (χ1) is 8.59. The van der Waals surface area contributed by atoms with Crippen molar-refractivity contribution in [3.8, 4) is 5.75 Å². The molecule has 0 bridgehead atoms. The van der Waals surface area contributed by atoms with Gasteiger partial charge in [0.2, 0.25) is 0 Å². The van der Waals surface area contributed by atoms with Crippen molar-refractivity contribution in [2.45, 2.75) is 12.2 Å². The summed E-state index contributed by atoms with van der Waals surface area (Å²) in [5, 5.41) is 2.19. The van der Waals surface area contributed by atoms with Crippen LogP contribution in [0.4, 0.5) is 17.6 Å². The van der Waals surface area contributed by atoms with Crippen molar-refractivity contribution in [3.05, 3.63) is 29.1 Å². The van der Waals surface area contributed by atoms with E-state index in [-0.39, 0.29) is 12.2 Å². The van der Waals surface area contributed by atoms with Gasteiger partial charge in [-0.25, -0.2) is 4.39 Å². The number of likely N-dealkylation sites (N-methyl/N-ethyl adjacent to an activating group) is 1. The fourth-order valence-corrected chi connectivity index (χ4v) is 1.59. The van der Waals surface area contributed by atoms with Gasteiger partial charge in [-0.3, -0.25) is 0 Å². The van der Waals surface area contributed by atoms with E-state index in [1.54, 1.807) is 0 Å². The third-order valence-corrected chi connectivity index (χ3v) is 2.38. The van der Waals surface area contributed by atoms with E-state index >= 15 is 0 Å². The molecule has 0 aliphatic carbocycles. The summed E-state index contributed by atoms with van der Waals surface area (Å²) in [6, 6.07) is 0.744. The lowest BCUT2D eigenvalue weighted by Crippen LogP contribution is -2.17. The smallest absolute Gasteiger partial charge is 0.419 e. The molecular formula is C10H9F4NO. The van der Waals surface area contributed by atoms with Gasteiger partial charge in [0.1, 0.15) is 6.61 Å². The minimum absolute atomic E-state index is 0.0709. The highest BCUT2D eigenvalue weighted by Gasteiger charge is 2.38. The van der Waals surface area contributed by atoms with Crippen LogP contribution in [0.2, 0.25) is 0 Å². The van der Waals surface area contributed by atoms with Crippen molar-refractivity contribution in [2.24, 2.45) is 0 Å². The molecule has 0 radical (unpaired) electrons. The average Bonchev–Trinajstić information content (AvgIpc) is 2.58. The van der Waals surface area contributed by atoms with Crippen LogP contribution in [-0.2, 0) is 6.18 Å². The highest BCUT2D eigenvalue weighted by atomic mass is 19.4. The fourth-order valence-electron chi connectivity index (χ4n) is 1.59. The van der Waals surface area contributed by atoms with Crippen LogP contribution in [0.5, 0.6) is 5.75 Å². The minimum atomic E-state index is -4.82. The van der Waals surface area contributed by atoms with Crippen molar-refractivity contribution < 1.29 is 26.4 Å². The average molecular weight is 238 g/mol. The van der Waals surface area contributed by atoms with Crippen LogP contribution in [0.15, 0.2) is 12.1 Å². The van der Waals surface area contributed by atoms with Gasteiger partial charge in [-0.2, -0.15) is 13.2 Å². The number of halogens is 4. The third kappa shape index (κ3) is 1.63. The van der Waals surface area contributed by atoms with Gasteiger partial charge in [0.15, 0.2) is 11.6 Å². The number of rotatable bonds is 1. The van der Waals surface area contributed by atoms with Crippen LogP contribution in [0, 0.1) is 5.82 Å². The first-order valence-corrected chi connectivity index (χ1v) is 4.40. The Hall–Kier alpha value is -1.30. The fraction of sp³-hybridized carbons (Fsp3) is 0.400. The Morgan fingerprint density at radius 1 is 1.50 bits per heavy atom. The van der Waals surface area contributed by atoms with E-state index < -0.39 is 36.3 Å². The Labute approximate surface area is 93.4 Å². The molecule has 0 spiro atoms. The summed E-state index contributed by atoms with van der Waals surface area (Å²) in [5.74, 6) is -2.06. The first-order valence-electron chi connectivity index (χ1n) is 5.90. The zero-order valence-electron chi connectivity index (χ0n) is 10.9. The van der Waals surface area contributed by atoms with Crippen LogP contribution in [0.3, 0.4) is 0 Å². The molecule has 0 amide bonds. The lowest BCUT2D eigenvalue weighted by atomic mass is 10.1. The molecule has 1 atom stereocenters. The normalized spacial score (nSPS) is 23.0. The minimum Gasteiger partial charge on any atom is -0.488 e. The third-order valence-electron chi connectivity index (χ3n) is 2.38. The van der Waals surface area contributed by atoms with Gasteiger partial charge >= 0.3 is 6.18 Å². The number of hydrogen-bond acceptors (Lipinski definition) is 2. The molecule has 1 aliphatic rings. The maximum absolute atomic E-state index is 13.7. The van der Waals surface area contributed by atoms with Crippen molar-refractivity contribution >= 4 is 0 Å².